The molecule has 8 heteroatoms. The van der Waals surface area contributed by atoms with E-state index in [9.17, 15) is 0 Å². The Morgan fingerprint density at radius 3 is 2.65 bits per heavy atom. The lowest BCUT2D eigenvalue weighted by molar-refractivity contribution is 0.192. The van der Waals surface area contributed by atoms with Crippen LogP contribution >= 0.6 is 0 Å². The van der Waals surface area contributed by atoms with Crippen molar-refractivity contribution in [1.29, 1.82) is 0 Å². The van der Waals surface area contributed by atoms with E-state index in [-0.39, 0.29) is 25.0 Å². The summed E-state index contributed by atoms with van der Waals surface area (Å²) in [6.07, 6.45) is 0. The third-order valence-electron chi connectivity index (χ3n) is 3.25. The first kappa shape index (κ1) is 15.0. The minimum atomic E-state index is -0.131. The average Bonchev–Trinajstić information content (AvgIpc) is 2.92. The predicted molar refractivity (Wildman–Crippen MR) is 84.4 cm³/mol. The maximum Gasteiger partial charge on any atom is 0.320 e. The third kappa shape index (κ3) is 3.02. The number of aromatic nitrogens is 4. The molecule has 2 aromatic heterocycles. The number of imidazole rings is 1. The highest BCUT2D eigenvalue weighted by atomic mass is 16.5. The molecule has 23 heavy (non-hydrogen) atoms. The van der Waals surface area contributed by atoms with Crippen LogP contribution in [-0.2, 0) is 6.54 Å². The third-order valence-corrected chi connectivity index (χ3v) is 3.25. The van der Waals surface area contributed by atoms with Crippen LogP contribution in [0.2, 0.25) is 0 Å². The summed E-state index contributed by atoms with van der Waals surface area (Å²) in [6.45, 7) is 0.485. The summed E-state index contributed by atoms with van der Waals surface area (Å²) >= 11 is 0. The second-order valence-electron chi connectivity index (χ2n) is 4.81. The van der Waals surface area contributed by atoms with E-state index in [2.05, 4.69) is 15.0 Å². The molecule has 3 rings (SSSR count). The van der Waals surface area contributed by atoms with Crippen molar-refractivity contribution < 1.29 is 14.6 Å². The van der Waals surface area contributed by atoms with Crippen molar-refractivity contribution in [2.75, 3.05) is 26.1 Å². The number of benzene rings is 1. The monoisotopic (exact) mass is 315 g/mol. The summed E-state index contributed by atoms with van der Waals surface area (Å²) in [6, 6.07) is 10.4. The molecule has 120 valence electrons. The van der Waals surface area contributed by atoms with E-state index in [1.54, 1.807) is 4.57 Å². The van der Waals surface area contributed by atoms with Gasteiger partial charge in [0.1, 0.15) is 6.61 Å². The van der Waals surface area contributed by atoms with Crippen LogP contribution in [0.25, 0.3) is 11.2 Å². The Hall–Kier alpha value is -2.87. The zero-order chi connectivity index (χ0) is 16.2. The largest absolute Gasteiger partial charge is 0.468 e. The number of fused-ring (bicyclic) bond motifs is 1. The van der Waals surface area contributed by atoms with Crippen molar-refractivity contribution in [1.82, 2.24) is 19.5 Å². The zero-order valence-electron chi connectivity index (χ0n) is 12.6. The van der Waals surface area contributed by atoms with Crippen LogP contribution in [0.5, 0.6) is 12.0 Å². The summed E-state index contributed by atoms with van der Waals surface area (Å²) in [5.74, 6) is 0.202. The minimum Gasteiger partial charge on any atom is -0.468 e. The number of methoxy groups -OCH3 is 1. The van der Waals surface area contributed by atoms with Crippen LogP contribution in [0.1, 0.15) is 5.56 Å². The van der Waals surface area contributed by atoms with E-state index in [4.69, 9.17) is 20.3 Å². The number of nitrogen functional groups attached to an aromatic ring is 1. The molecule has 0 saturated carbocycles. The molecule has 3 aromatic rings. The lowest BCUT2D eigenvalue weighted by Gasteiger charge is -2.08. The molecule has 0 fully saturated rings. The maximum atomic E-state index is 8.85. The number of ether oxygens (including phenoxy) is 2. The fourth-order valence-electron chi connectivity index (χ4n) is 2.25. The van der Waals surface area contributed by atoms with Crippen molar-refractivity contribution in [3.8, 4) is 12.0 Å². The molecular weight excluding hydrogens is 298 g/mol. The summed E-state index contributed by atoms with van der Waals surface area (Å²) in [5.41, 5.74) is 7.98. The van der Waals surface area contributed by atoms with Gasteiger partial charge in [0, 0.05) is 0 Å². The molecular formula is C15H17N5O3. The summed E-state index contributed by atoms with van der Waals surface area (Å²) in [4.78, 5) is 12.7. The highest BCUT2D eigenvalue weighted by Gasteiger charge is 2.18. The summed E-state index contributed by atoms with van der Waals surface area (Å²) < 4.78 is 12.4. The molecule has 0 saturated heterocycles. The molecule has 0 atom stereocenters. The summed E-state index contributed by atoms with van der Waals surface area (Å²) in [7, 11) is 1.54. The van der Waals surface area contributed by atoms with Crippen LogP contribution in [0.15, 0.2) is 30.3 Å². The van der Waals surface area contributed by atoms with Gasteiger partial charge in [0.05, 0.1) is 20.3 Å². The Bertz CT molecular complexity index is 804. The van der Waals surface area contributed by atoms with E-state index in [1.165, 1.54) is 7.11 Å². The first-order valence-electron chi connectivity index (χ1n) is 7.08. The number of aliphatic hydroxyl groups excluding tert-OH is 1. The Balaban J connectivity index is 2.08. The van der Waals surface area contributed by atoms with Gasteiger partial charge in [-0.2, -0.15) is 15.0 Å². The van der Waals surface area contributed by atoms with Gasteiger partial charge in [-0.1, -0.05) is 30.3 Å². The van der Waals surface area contributed by atoms with Crippen molar-refractivity contribution in [3.63, 3.8) is 0 Å². The molecule has 0 aliphatic carbocycles. The zero-order valence-corrected chi connectivity index (χ0v) is 12.6. The smallest absolute Gasteiger partial charge is 0.320 e. The normalized spacial score (nSPS) is 10.9. The van der Waals surface area contributed by atoms with Crippen LogP contribution in [-0.4, -0.2) is 44.9 Å². The standard InChI is InChI=1S/C15H17N5O3/c1-22-15-17-11-12(16)18-14(23-8-7-21)19-13(11)20(15)9-10-5-3-2-4-6-10/h2-6,21H,7-9H2,1H3,(H2,16,18,19). The lowest BCUT2D eigenvalue weighted by atomic mass is 10.2. The van der Waals surface area contributed by atoms with Gasteiger partial charge in [-0.3, -0.25) is 4.57 Å². The molecule has 0 unspecified atom stereocenters. The Kier molecular flexibility index (Phi) is 4.24. The fraction of sp³-hybridized carbons (Fsp3) is 0.267. The molecule has 0 aliphatic heterocycles. The molecule has 1 aromatic carbocycles. The van der Waals surface area contributed by atoms with Crippen molar-refractivity contribution in [2.24, 2.45) is 0 Å². The number of hydrogen-bond acceptors (Lipinski definition) is 7. The van der Waals surface area contributed by atoms with E-state index in [1.807, 2.05) is 30.3 Å². The molecule has 0 spiro atoms. The predicted octanol–water partition coefficient (Wildman–Crippen LogP) is 0.836. The van der Waals surface area contributed by atoms with Gasteiger partial charge in [-0.25, -0.2) is 0 Å². The van der Waals surface area contributed by atoms with Gasteiger partial charge in [-0.05, 0) is 5.56 Å². The van der Waals surface area contributed by atoms with Crippen LogP contribution in [0.4, 0.5) is 5.82 Å². The van der Waals surface area contributed by atoms with Crippen molar-refractivity contribution in [2.45, 2.75) is 6.54 Å². The van der Waals surface area contributed by atoms with Gasteiger partial charge < -0.3 is 20.3 Å². The SMILES string of the molecule is COc1nc2c(N)nc(OCCO)nc2n1Cc1ccccc1. The van der Waals surface area contributed by atoms with E-state index in [0.717, 1.165) is 5.56 Å². The second kappa shape index (κ2) is 6.49. The Labute approximate surface area is 132 Å². The molecule has 0 radical (unpaired) electrons. The van der Waals surface area contributed by atoms with E-state index in [0.29, 0.717) is 23.7 Å². The number of aliphatic hydroxyl groups is 1. The number of anilines is 1. The number of nitrogens with two attached hydrogens (primary N) is 1. The van der Waals surface area contributed by atoms with Gasteiger partial charge in [0.25, 0.3) is 6.01 Å². The molecule has 0 amide bonds. The highest BCUT2D eigenvalue weighted by molar-refractivity contribution is 5.83. The molecule has 3 N–H and O–H groups in total. The minimum absolute atomic E-state index is 0.0922. The van der Waals surface area contributed by atoms with Crippen LogP contribution < -0.4 is 15.2 Å². The Morgan fingerprint density at radius 1 is 1.17 bits per heavy atom. The molecule has 8 nitrogen and oxygen atoms in total. The van der Waals surface area contributed by atoms with Crippen molar-refractivity contribution >= 4 is 17.0 Å². The van der Waals surface area contributed by atoms with Gasteiger partial charge in [0.15, 0.2) is 17.0 Å². The average molecular weight is 315 g/mol. The quantitative estimate of drug-likeness (QED) is 0.693. The first-order valence-corrected chi connectivity index (χ1v) is 7.08. The number of hydrogen-bond donors (Lipinski definition) is 2. The number of rotatable bonds is 6. The van der Waals surface area contributed by atoms with Gasteiger partial charge >= 0.3 is 6.01 Å². The lowest BCUT2D eigenvalue weighted by Crippen LogP contribution is -2.08. The summed E-state index contributed by atoms with van der Waals surface area (Å²) in [5, 5.41) is 8.85. The maximum absolute atomic E-state index is 8.85. The number of nitrogens with zero attached hydrogens (tertiary/aromatic N) is 4. The van der Waals surface area contributed by atoms with Gasteiger partial charge in [0.2, 0.25) is 0 Å². The molecule has 0 aliphatic rings. The van der Waals surface area contributed by atoms with Crippen molar-refractivity contribution in [3.05, 3.63) is 35.9 Å². The second-order valence-corrected chi connectivity index (χ2v) is 4.81. The van der Waals surface area contributed by atoms with Crippen LogP contribution in [0.3, 0.4) is 0 Å². The fourth-order valence-corrected chi connectivity index (χ4v) is 2.25. The Morgan fingerprint density at radius 2 is 1.96 bits per heavy atom. The van der Waals surface area contributed by atoms with Gasteiger partial charge in [-0.15, -0.1) is 0 Å². The molecule has 2 heterocycles. The molecule has 0 bridgehead atoms. The van der Waals surface area contributed by atoms with E-state index >= 15 is 0 Å². The van der Waals surface area contributed by atoms with E-state index < -0.39 is 0 Å². The first-order chi connectivity index (χ1) is 11.2. The van der Waals surface area contributed by atoms with Crippen LogP contribution in [0, 0.1) is 0 Å². The topological polar surface area (TPSA) is 108 Å². The highest BCUT2D eigenvalue weighted by Crippen LogP contribution is 2.26.